The van der Waals surface area contributed by atoms with E-state index in [1.807, 2.05) is 17.5 Å². The van der Waals surface area contributed by atoms with Gasteiger partial charge in [0, 0.05) is 16.5 Å². The average Bonchev–Trinajstić information content (AvgIpc) is 2.77. The van der Waals surface area contributed by atoms with Crippen LogP contribution < -0.4 is 5.73 Å². The van der Waals surface area contributed by atoms with Crippen LogP contribution in [0.2, 0.25) is 0 Å². The smallest absolute Gasteiger partial charge is 0.248 e. The summed E-state index contributed by atoms with van der Waals surface area (Å²) in [5.74, 6) is -0.408. The Morgan fingerprint density at radius 2 is 2.31 bits per heavy atom. The molecular formula is C12H12N2OS. The maximum absolute atomic E-state index is 11.1. The predicted molar refractivity (Wildman–Crippen MR) is 65.4 cm³/mol. The molecule has 0 saturated carbocycles. The van der Waals surface area contributed by atoms with E-state index in [4.69, 9.17) is 5.73 Å². The van der Waals surface area contributed by atoms with Gasteiger partial charge in [-0.05, 0) is 18.6 Å². The summed E-state index contributed by atoms with van der Waals surface area (Å²) in [7, 11) is 0. The van der Waals surface area contributed by atoms with Gasteiger partial charge in [-0.3, -0.25) is 4.79 Å². The number of aromatic nitrogens is 1. The molecule has 0 aliphatic heterocycles. The number of carbonyl (C=O) groups excluding carboxylic acids is 1. The molecule has 0 saturated heterocycles. The monoisotopic (exact) mass is 232 g/mol. The summed E-state index contributed by atoms with van der Waals surface area (Å²) in [4.78, 5) is 15.5. The van der Waals surface area contributed by atoms with Crippen molar-refractivity contribution in [2.24, 2.45) is 5.73 Å². The normalized spacial score (nSPS) is 10.3. The molecule has 0 unspecified atom stereocenters. The molecule has 1 aromatic carbocycles. The second-order valence-corrected chi connectivity index (χ2v) is 4.30. The first-order valence-electron chi connectivity index (χ1n) is 5.05. The van der Waals surface area contributed by atoms with E-state index >= 15 is 0 Å². The molecule has 0 aliphatic carbocycles. The van der Waals surface area contributed by atoms with Crippen LogP contribution in [-0.2, 0) is 6.42 Å². The molecule has 0 atom stereocenters. The van der Waals surface area contributed by atoms with Gasteiger partial charge in [-0.15, -0.1) is 11.3 Å². The van der Waals surface area contributed by atoms with Gasteiger partial charge in [0.15, 0.2) is 0 Å². The van der Waals surface area contributed by atoms with E-state index in [0.29, 0.717) is 5.56 Å². The summed E-state index contributed by atoms with van der Waals surface area (Å²) in [5, 5.41) is 2.96. The molecule has 0 bridgehead atoms. The van der Waals surface area contributed by atoms with Gasteiger partial charge in [0.1, 0.15) is 5.01 Å². The maximum atomic E-state index is 11.1. The Balaban J connectivity index is 2.40. The zero-order valence-corrected chi connectivity index (χ0v) is 9.75. The minimum Gasteiger partial charge on any atom is -0.366 e. The second kappa shape index (κ2) is 4.45. The van der Waals surface area contributed by atoms with Crippen LogP contribution in [0.1, 0.15) is 23.0 Å². The van der Waals surface area contributed by atoms with Gasteiger partial charge in [0.2, 0.25) is 5.91 Å². The molecule has 2 rings (SSSR count). The summed E-state index contributed by atoms with van der Waals surface area (Å²) in [6, 6.07) is 7.24. The van der Waals surface area contributed by atoms with E-state index in [1.165, 1.54) is 0 Å². The number of aryl methyl sites for hydroxylation is 1. The molecule has 0 spiro atoms. The predicted octanol–water partition coefficient (Wildman–Crippen LogP) is 2.47. The lowest BCUT2D eigenvalue weighted by atomic mass is 10.1. The molecule has 0 fully saturated rings. The lowest BCUT2D eigenvalue weighted by Crippen LogP contribution is -2.10. The van der Waals surface area contributed by atoms with Crippen LogP contribution in [0, 0.1) is 0 Å². The van der Waals surface area contributed by atoms with Crippen molar-refractivity contribution in [3.63, 3.8) is 0 Å². The topological polar surface area (TPSA) is 56.0 Å². The molecule has 0 radical (unpaired) electrons. The fraction of sp³-hybridized carbons (Fsp3) is 0.167. The highest BCUT2D eigenvalue weighted by molar-refractivity contribution is 7.13. The van der Waals surface area contributed by atoms with Crippen LogP contribution in [0.15, 0.2) is 29.6 Å². The van der Waals surface area contributed by atoms with Gasteiger partial charge in [-0.1, -0.05) is 19.1 Å². The molecule has 2 aromatic rings. The third-order valence-corrected chi connectivity index (χ3v) is 3.25. The molecule has 3 nitrogen and oxygen atoms in total. The Hall–Kier alpha value is -1.68. The Morgan fingerprint density at radius 3 is 2.94 bits per heavy atom. The number of rotatable bonds is 3. The van der Waals surface area contributed by atoms with E-state index in [1.54, 1.807) is 23.5 Å². The highest BCUT2D eigenvalue weighted by atomic mass is 32.1. The average molecular weight is 232 g/mol. The number of thiazole rings is 1. The number of hydrogen-bond acceptors (Lipinski definition) is 3. The number of nitrogens with two attached hydrogens (primary N) is 1. The first kappa shape index (κ1) is 10.8. The number of primary amides is 1. The van der Waals surface area contributed by atoms with Crippen LogP contribution in [0.3, 0.4) is 0 Å². The third kappa shape index (κ3) is 2.12. The summed E-state index contributed by atoms with van der Waals surface area (Å²) < 4.78 is 0. The van der Waals surface area contributed by atoms with Crippen molar-refractivity contribution in [1.82, 2.24) is 4.98 Å². The molecule has 16 heavy (non-hydrogen) atoms. The molecule has 82 valence electrons. The first-order chi connectivity index (χ1) is 7.70. The number of carbonyl (C=O) groups is 1. The highest BCUT2D eigenvalue weighted by Crippen LogP contribution is 2.24. The van der Waals surface area contributed by atoms with Gasteiger partial charge in [-0.25, -0.2) is 4.98 Å². The maximum Gasteiger partial charge on any atom is 0.248 e. The summed E-state index contributed by atoms with van der Waals surface area (Å²) in [5.41, 5.74) is 7.77. The fourth-order valence-corrected chi connectivity index (χ4v) is 2.31. The summed E-state index contributed by atoms with van der Waals surface area (Å²) in [6.45, 7) is 2.07. The van der Waals surface area contributed by atoms with Crippen molar-refractivity contribution < 1.29 is 4.79 Å². The van der Waals surface area contributed by atoms with Crippen LogP contribution >= 0.6 is 11.3 Å². The molecule has 0 aliphatic rings. The quantitative estimate of drug-likeness (QED) is 0.883. The fourth-order valence-electron chi connectivity index (χ4n) is 1.41. The van der Waals surface area contributed by atoms with E-state index in [9.17, 15) is 4.79 Å². The van der Waals surface area contributed by atoms with E-state index in [-0.39, 0.29) is 0 Å². The lowest BCUT2D eigenvalue weighted by Gasteiger charge is -1.98. The summed E-state index contributed by atoms with van der Waals surface area (Å²) >= 11 is 1.58. The van der Waals surface area contributed by atoms with Crippen molar-refractivity contribution in [1.29, 1.82) is 0 Å². The van der Waals surface area contributed by atoms with E-state index < -0.39 is 5.91 Å². The Labute approximate surface area is 97.9 Å². The molecule has 2 N–H and O–H groups in total. The third-order valence-electron chi connectivity index (χ3n) is 2.31. The molecular weight excluding hydrogens is 220 g/mol. The molecule has 1 heterocycles. The molecule has 1 aromatic heterocycles. The zero-order valence-electron chi connectivity index (χ0n) is 8.93. The number of nitrogens with zero attached hydrogens (tertiary/aromatic N) is 1. The first-order valence-corrected chi connectivity index (χ1v) is 5.93. The van der Waals surface area contributed by atoms with E-state index in [0.717, 1.165) is 22.7 Å². The molecule has 1 amide bonds. The van der Waals surface area contributed by atoms with Crippen molar-refractivity contribution in [2.45, 2.75) is 13.3 Å². The van der Waals surface area contributed by atoms with Crippen molar-refractivity contribution in [2.75, 3.05) is 0 Å². The second-order valence-electron chi connectivity index (χ2n) is 3.44. The van der Waals surface area contributed by atoms with Crippen LogP contribution in [0.4, 0.5) is 0 Å². The van der Waals surface area contributed by atoms with Crippen LogP contribution in [0.5, 0.6) is 0 Å². The number of hydrogen-bond donors (Lipinski definition) is 1. The van der Waals surface area contributed by atoms with Gasteiger partial charge in [0.25, 0.3) is 0 Å². The van der Waals surface area contributed by atoms with Crippen molar-refractivity contribution in [3.8, 4) is 10.6 Å². The number of amides is 1. The van der Waals surface area contributed by atoms with Gasteiger partial charge >= 0.3 is 0 Å². The van der Waals surface area contributed by atoms with E-state index in [2.05, 4.69) is 11.9 Å². The molecule has 4 heteroatoms. The minimum atomic E-state index is -0.408. The standard InChI is InChI=1S/C12H12N2OS/c1-2-10-7-16-12(14-10)9-5-3-4-8(6-9)11(13)15/h3-7H,2H2,1H3,(H2,13,15). The zero-order chi connectivity index (χ0) is 11.5. The minimum absolute atomic E-state index is 0.408. The summed E-state index contributed by atoms with van der Waals surface area (Å²) in [6.07, 6.45) is 0.923. The van der Waals surface area contributed by atoms with Crippen molar-refractivity contribution in [3.05, 3.63) is 40.9 Å². The SMILES string of the molecule is CCc1csc(-c2cccc(C(N)=O)c2)n1. The van der Waals surface area contributed by atoms with Gasteiger partial charge < -0.3 is 5.73 Å². The van der Waals surface area contributed by atoms with Gasteiger partial charge in [0.05, 0.1) is 5.69 Å². The van der Waals surface area contributed by atoms with Crippen molar-refractivity contribution >= 4 is 17.2 Å². The largest absolute Gasteiger partial charge is 0.366 e. The number of benzene rings is 1. The van der Waals surface area contributed by atoms with Crippen LogP contribution in [0.25, 0.3) is 10.6 Å². The Kier molecular flexibility index (Phi) is 3.01. The lowest BCUT2D eigenvalue weighted by molar-refractivity contribution is 0.100. The Morgan fingerprint density at radius 1 is 1.50 bits per heavy atom. The van der Waals surface area contributed by atoms with Crippen LogP contribution in [-0.4, -0.2) is 10.9 Å². The van der Waals surface area contributed by atoms with Gasteiger partial charge in [-0.2, -0.15) is 0 Å². The Bertz CT molecular complexity index is 519. The highest BCUT2D eigenvalue weighted by Gasteiger charge is 2.06.